The smallest absolute Gasteiger partial charge is 0.00201 e. The summed E-state index contributed by atoms with van der Waals surface area (Å²) >= 11 is 0. The fourth-order valence-corrected chi connectivity index (χ4v) is 8.43. The van der Waals surface area contributed by atoms with E-state index in [1.54, 1.807) is 27.8 Å². The molecule has 1 radical (unpaired) electrons. The van der Waals surface area contributed by atoms with Gasteiger partial charge in [0.05, 0.1) is 0 Å². The Labute approximate surface area is 294 Å². The summed E-state index contributed by atoms with van der Waals surface area (Å²) < 4.78 is 0. The summed E-state index contributed by atoms with van der Waals surface area (Å²) in [6.07, 6.45) is 23.8. The van der Waals surface area contributed by atoms with Gasteiger partial charge in [0, 0.05) is 0 Å². The van der Waals surface area contributed by atoms with Crippen molar-refractivity contribution in [1.29, 1.82) is 0 Å². The van der Waals surface area contributed by atoms with Crippen LogP contribution in [0.25, 0.3) is 22.3 Å². The Kier molecular flexibility index (Phi) is 14.4. The van der Waals surface area contributed by atoms with Crippen LogP contribution in [0.5, 0.6) is 0 Å². The third-order valence-electron chi connectivity index (χ3n) is 11.1. The minimum absolute atomic E-state index is 0.601. The summed E-state index contributed by atoms with van der Waals surface area (Å²) in [6, 6.07) is 32.1. The molecule has 4 aromatic rings. The number of benzene rings is 4. The van der Waals surface area contributed by atoms with E-state index in [1.807, 2.05) is 0 Å². The first-order valence-electron chi connectivity index (χ1n) is 20.0. The monoisotopic (exact) mass is 639 g/mol. The standard InChI is InChI=1S/C48H63/c1-5-9-12-19-28-39-33-34-43(42(32-16-10-6-2)45(39)35-37-24-17-13-18-25-37)47-36-46(38-26-20-14-21-27-38)48(40-29-22-15-23-30-40)44(31-11-7-3)41(47)8-4/h13,15,17-18,22-25,29-30,33-34,38H,5-12,14,16,19-21,26-28,31-32,35H2,1-4H3. The number of hydrogen-bond donors (Lipinski definition) is 0. The number of aryl methyl sites for hydroxylation is 1. The quantitative estimate of drug-likeness (QED) is 0.0950. The van der Waals surface area contributed by atoms with Crippen molar-refractivity contribution in [3.63, 3.8) is 0 Å². The van der Waals surface area contributed by atoms with Crippen LogP contribution in [0.2, 0.25) is 0 Å². The first-order valence-corrected chi connectivity index (χ1v) is 20.0. The molecule has 1 fully saturated rings. The summed E-state index contributed by atoms with van der Waals surface area (Å²) in [5.74, 6) is 0.601. The van der Waals surface area contributed by atoms with E-state index >= 15 is 0 Å². The maximum atomic E-state index is 4.34. The van der Waals surface area contributed by atoms with Crippen LogP contribution in [-0.4, -0.2) is 0 Å². The highest BCUT2D eigenvalue weighted by Crippen LogP contribution is 2.46. The molecule has 0 N–H and O–H groups in total. The second-order valence-corrected chi connectivity index (χ2v) is 14.6. The van der Waals surface area contributed by atoms with Gasteiger partial charge in [-0.3, -0.25) is 0 Å². The van der Waals surface area contributed by atoms with Gasteiger partial charge in [0.2, 0.25) is 0 Å². The van der Waals surface area contributed by atoms with Crippen molar-refractivity contribution in [1.82, 2.24) is 0 Å². The summed E-state index contributed by atoms with van der Waals surface area (Å²) in [7, 11) is 0. The van der Waals surface area contributed by atoms with E-state index in [2.05, 4.69) is 107 Å². The molecule has 0 heteroatoms. The average molecular weight is 640 g/mol. The Hall–Kier alpha value is -3.12. The molecule has 5 rings (SSSR count). The molecule has 0 spiro atoms. The molecule has 255 valence electrons. The van der Waals surface area contributed by atoms with Crippen LogP contribution < -0.4 is 0 Å². The predicted molar refractivity (Wildman–Crippen MR) is 210 cm³/mol. The van der Waals surface area contributed by atoms with Gasteiger partial charge in [-0.2, -0.15) is 0 Å². The van der Waals surface area contributed by atoms with E-state index in [9.17, 15) is 0 Å². The van der Waals surface area contributed by atoms with Crippen LogP contribution in [0.3, 0.4) is 0 Å². The van der Waals surface area contributed by atoms with E-state index in [-0.39, 0.29) is 0 Å². The Balaban J connectivity index is 1.77. The summed E-state index contributed by atoms with van der Waals surface area (Å²) in [6.45, 7) is 9.42. The van der Waals surface area contributed by atoms with Crippen LogP contribution >= 0.6 is 0 Å². The van der Waals surface area contributed by atoms with Crippen LogP contribution in [0.1, 0.15) is 162 Å². The third kappa shape index (κ3) is 9.11. The molecule has 0 saturated heterocycles. The van der Waals surface area contributed by atoms with Crippen LogP contribution in [0, 0.1) is 6.07 Å². The SMILES string of the molecule is CCCCCCc1ccc(-c2[c]c(C3CCCCC3)c(-c3ccccc3)c(CCCC)c2CC)c(CCCCC)c1Cc1ccccc1. The van der Waals surface area contributed by atoms with Gasteiger partial charge in [0.25, 0.3) is 0 Å². The van der Waals surface area contributed by atoms with Crippen LogP contribution in [-0.2, 0) is 32.1 Å². The van der Waals surface area contributed by atoms with Crippen molar-refractivity contribution in [3.05, 3.63) is 118 Å². The Bertz CT molecular complexity index is 1520. The lowest BCUT2D eigenvalue weighted by Gasteiger charge is -2.30. The molecule has 1 aliphatic rings. The summed E-state index contributed by atoms with van der Waals surface area (Å²) in [4.78, 5) is 0. The Morgan fingerprint density at radius 1 is 0.562 bits per heavy atom. The van der Waals surface area contributed by atoms with Crippen molar-refractivity contribution in [2.24, 2.45) is 0 Å². The zero-order chi connectivity index (χ0) is 33.6. The van der Waals surface area contributed by atoms with Gasteiger partial charge in [-0.25, -0.2) is 0 Å². The zero-order valence-corrected chi connectivity index (χ0v) is 30.9. The molecule has 1 saturated carbocycles. The summed E-state index contributed by atoms with van der Waals surface area (Å²) in [5, 5.41) is 0. The second-order valence-electron chi connectivity index (χ2n) is 14.6. The fourth-order valence-electron chi connectivity index (χ4n) is 8.43. The van der Waals surface area contributed by atoms with Gasteiger partial charge in [-0.05, 0) is 137 Å². The molecule has 0 heterocycles. The normalized spacial score (nSPS) is 13.7. The Morgan fingerprint density at radius 3 is 1.90 bits per heavy atom. The first kappa shape index (κ1) is 36.2. The highest BCUT2D eigenvalue weighted by atomic mass is 14.3. The molecule has 1 aliphatic carbocycles. The van der Waals surface area contributed by atoms with Crippen molar-refractivity contribution >= 4 is 0 Å². The predicted octanol–water partition coefficient (Wildman–Crippen LogP) is 14.2. The zero-order valence-electron chi connectivity index (χ0n) is 30.9. The molecule has 48 heavy (non-hydrogen) atoms. The largest absolute Gasteiger partial charge is 0.0654 e. The molecule has 0 bridgehead atoms. The van der Waals surface area contributed by atoms with E-state index in [1.165, 1.54) is 130 Å². The van der Waals surface area contributed by atoms with E-state index in [0.717, 1.165) is 25.7 Å². The van der Waals surface area contributed by atoms with Crippen LogP contribution in [0.15, 0.2) is 72.8 Å². The van der Waals surface area contributed by atoms with Crippen molar-refractivity contribution < 1.29 is 0 Å². The highest BCUT2D eigenvalue weighted by molar-refractivity contribution is 5.82. The van der Waals surface area contributed by atoms with Gasteiger partial charge in [0.1, 0.15) is 0 Å². The second kappa shape index (κ2) is 19.2. The van der Waals surface area contributed by atoms with Crippen molar-refractivity contribution in [2.45, 2.75) is 156 Å². The molecule has 0 aliphatic heterocycles. The van der Waals surface area contributed by atoms with Gasteiger partial charge >= 0.3 is 0 Å². The molecule has 4 aromatic carbocycles. The number of unbranched alkanes of at least 4 members (excludes halogenated alkanes) is 6. The highest BCUT2D eigenvalue weighted by Gasteiger charge is 2.27. The van der Waals surface area contributed by atoms with Gasteiger partial charge < -0.3 is 0 Å². The molecular weight excluding hydrogens is 577 g/mol. The first-order chi connectivity index (χ1) is 23.7. The molecule has 0 atom stereocenters. The third-order valence-corrected chi connectivity index (χ3v) is 11.1. The van der Waals surface area contributed by atoms with Crippen molar-refractivity contribution in [3.8, 4) is 22.3 Å². The maximum absolute atomic E-state index is 4.34. The minimum atomic E-state index is 0.601. The van der Waals surface area contributed by atoms with Gasteiger partial charge in [-0.1, -0.05) is 158 Å². The van der Waals surface area contributed by atoms with E-state index in [4.69, 9.17) is 0 Å². The molecule has 0 unspecified atom stereocenters. The number of rotatable bonds is 18. The molecule has 0 aromatic heterocycles. The maximum Gasteiger partial charge on any atom is -0.00201 e. The van der Waals surface area contributed by atoms with Crippen LogP contribution in [0.4, 0.5) is 0 Å². The van der Waals surface area contributed by atoms with Gasteiger partial charge in [0.15, 0.2) is 0 Å². The van der Waals surface area contributed by atoms with E-state index < -0.39 is 0 Å². The van der Waals surface area contributed by atoms with Gasteiger partial charge in [-0.15, -0.1) is 0 Å². The van der Waals surface area contributed by atoms with Crippen molar-refractivity contribution in [2.75, 3.05) is 0 Å². The Morgan fingerprint density at radius 2 is 1.21 bits per heavy atom. The topological polar surface area (TPSA) is 0 Å². The molecule has 0 nitrogen and oxygen atoms in total. The minimum Gasteiger partial charge on any atom is -0.0654 e. The fraction of sp³-hybridized carbons (Fsp3) is 0.500. The number of hydrogen-bond acceptors (Lipinski definition) is 0. The lowest BCUT2D eigenvalue weighted by atomic mass is 9.74. The average Bonchev–Trinajstić information content (AvgIpc) is 3.14. The lowest BCUT2D eigenvalue weighted by Crippen LogP contribution is -2.12. The van der Waals surface area contributed by atoms with E-state index in [0.29, 0.717) is 5.92 Å². The molecular formula is C48H63. The molecule has 0 amide bonds. The summed E-state index contributed by atoms with van der Waals surface area (Å²) in [5.41, 5.74) is 16.8. The lowest BCUT2D eigenvalue weighted by molar-refractivity contribution is 0.443.